The van der Waals surface area contributed by atoms with Crippen molar-refractivity contribution in [3.63, 3.8) is 0 Å². The van der Waals surface area contributed by atoms with Gasteiger partial charge in [0.1, 0.15) is 0 Å². The van der Waals surface area contributed by atoms with Crippen molar-refractivity contribution < 1.29 is 0 Å². The molecule has 0 amide bonds. The van der Waals surface area contributed by atoms with Crippen LogP contribution in [-0.2, 0) is 0 Å². The molecule has 0 aromatic carbocycles. The van der Waals surface area contributed by atoms with Gasteiger partial charge in [0, 0.05) is 0 Å². The summed E-state index contributed by atoms with van der Waals surface area (Å²) in [6.07, 6.45) is 10.5. The van der Waals surface area contributed by atoms with Crippen molar-refractivity contribution in [2.24, 2.45) is 5.92 Å². The predicted octanol–water partition coefficient (Wildman–Crippen LogP) is 3.34. The summed E-state index contributed by atoms with van der Waals surface area (Å²) >= 11 is 0. The lowest BCUT2D eigenvalue weighted by atomic mass is 9.88. The van der Waals surface area contributed by atoms with Gasteiger partial charge in [-0.2, -0.15) is 0 Å². The fraction of sp³-hybridized carbons (Fsp3) is 0.800. The summed E-state index contributed by atoms with van der Waals surface area (Å²) in [5.41, 5.74) is 1.37. The monoisotopic (exact) mass is 137 g/mol. The van der Waals surface area contributed by atoms with Crippen LogP contribution in [0.2, 0.25) is 0 Å². The number of hydrogen-bond acceptors (Lipinski definition) is 0. The molecule has 0 aliphatic heterocycles. The molecule has 0 heteroatoms. The van der Waals surface area contributed by atoms with Crippen molar-refractivity contribution in [1.82, 2.24) is 0 Å². The molecule has 1 radical (unpaired) electrons. The highest BCUT2D eigenvalue weighted by molar-refractivity contribution is 4.90. The molecule has 57 valence electrons. The molecule has 1 rings (SSSR count). The largest absolute Gasteiger partial charge is 0.0727 e. The molecule has 1 aliphatic rings. The van der Waals surface area contributed by atoms with E-state index in [1.54, 1.807) is 0 Å². The molecule has 0 N–H and O–H groups in total. The lowest BCUT2D eigenvalue weighted by Crippen LogP contribution is -2.03. The van der Waals surface area contributed by atoms with Crippen LogP contribution < -0.4 is 0 Å². The van der Waals surface area contributed by atoms with Crippen LogP contribution in [0.1, 0.15) is 46.0 Å². The lowest BCUT2D eigenvalue weighted by Gasteiger charge is -2.17. The van der Waals surface area contributed by atoms with E-state index in [-0.39, 0.29) is 0 Å². The smallest absolute Gasteiger partial charge is 0.0160 e. The van der Waals surface area contributed by atoms with Gasteiger partial charge in [-0.1, -0.05) is 24.8 Å². The fourth-order valence-electron chi connectivity index (χ4n) is 1.66. The van der Waals surface area contributed by atoms with Gasteiger partial charge < -0.3 is 0 Å². The topological polar surface area (TPSA) is 0 Å². The summed E-state index contributed by atoms with van der Waals surface area (Å²) in [4.78, 5) is 0. The molecular weight excluding hydrogens is 120 g/mol. The third kappa shape index (κ3) is 2.55. The molecule has 10 heavy (non-hydrogen) atoms. The Labute approximate surface area is 64.3 Å². The molecule has 1 aliphatic carbocycles. The van der Waals surface area contributed by atoms with Gasteiger partial charge in [-0.25, -0.2) is 0 Å². The summed E-state index contributed by atoms with van der Waals surface area (Å²) in [7, 11) is 0. The number of allylic oxidation sites excluding steroid dienone is 2. The van der Waals surface area contributed by atoms with E-state index in [1.165, 1.54) is 37.7 Å². The Morgan fingerprint density at radius 1 is 1.10 bits per heavy atom. The third-order valence-electron chi connectivity index (χ3n) is 2.10. The zero-order valence-electron chi connectivity index (χ0n) is 7.11. The van der Waals surface area contributed by atoms with E-state index in [1.807, 2.05) is 0 Å². The minimum Gasteiger partial charge on any atom is -0.0727 e. The predicted molar refractivity (Wildman–Crippen MR) is 44.7 cm³/mol. The summed E-state index contributed by atoms with van der Waals surface area (Å²) < 4.78 is 0. The normalized spacial score (nSPS) is 20.6. The van der Waals surface area contributed by atoms with E-state index in [0.29, 0.717) is 0 Å². The molecule has 0 heterocycles. The highest BCUT2D eigenvalue weighted by Gasteiger charge is 2.10. The van der Waals surface area contributed by atoms with Crippen molar-refractivity contribution in [3.05, 3.63) is 11.6 Å². The Morgan fingerprint density at radius 3 is 2.20 bits per heavy atom. The van der Waals surface area contributed by atoms with Gasteiger partial charge in [0.25, 0.3) is 0 Å². The van der Waals surface area contributed by atoms with Crippen LogP contribution in [0.4, 0.5) is 0 Å². The third-order valence-corrected chi connectivity index (χ3v) is 2.10. The van der Waals surface area contributed by atoms with E-state index in [2.05, 4.69) is 19.9 Å². The van der Waals surface area contributed by atoms with Crippen LogP contribution in [0.15, 0.2) is 5.57 Å². The lowest BCUT2D eigenvalue weighted by molar-refractivity contribution is 0.409. The van der Waals surface area contributed by atoms with Crippen LogP contribution >= 0.6 is 0 Å². The van der Waals surface area contributed by atoms with Gasteiger partial charge in [0.15, 0.2) is 0 Å². The van der Waals surface area contributed by atoms with Gasteiger partial charge in [-0.15, -0.1) is 0 Å². The second-order valence-electron chi connectivity index (χ2n) is 3.48. The second-order valence-corrected chi connectivity index (χ2v) is 3.48. The quantitative estimate of drug-likeness (QED) is 0.520. The maximum Gasteiger partial charge on any atom is -0.0160 e. The van der Waals surface area contributed by atoms with Crippen LogP contribution in [0, 0.1) is 12.0 Å². The molecule has 1 saturated carbocycles. The van der Waals surface area contributed by atoms with Gasteiger partial charge in [-0.3, -0.25) is 0 Å². The Hall–Kier alpha value is -0.260. The van der Waals surface area contributed by atoms with Crippen LogP contribution in [0.3, 0.4) is 0 Å². The van der Waals surface area contributed by atoms with Gasteiger partial charge in [0.2, 0.25) is 0 Å². The minimum absolute atomic E-state index is 0.791. The van der Waals surface area contributed by atoms with E-state index >= 15 is 0 Å². The molecule has 0 aromatic heterocycles. The highest BCUT2D eigenvalue weighted by Crippen LogP contribution is 2.24. The minimum atomic E-state index is 0.791. The molecule has 0 nitrogen and oxygen atoms in total. The van der Waals surface area contributed by atoms with Crippen LogP contribution in [0.5, 0.6) is 0 Å². The number of rotatable bonds is 1. The molecule has 0 saturated heterocycles. The first-order valence-electron chi connectivity index (χ1n) is 4.36. The molecule has 0 atom stereocenters. The van der Waals surface area contributed by atoms with Crippen LogP contribution in [0.25, 0.3) is 0 Å². The Bertz CT molecular complexity index is 112. The van der Waals surface area contributed by atoms with Crippen molar-refractivity contribution >= 4 is 0 Å². The molecule has 0 spiro atoms. The first-order chi connectivity index (χ1) is 4.79. The zero-order valence-corrected chi connectivity index (χ0v) is 7.11. The molecule has 0 unspecified atom stereocenters. The average Bonchev–Trinajstić information content (AvgIpc) is 1.88. The Balaban J connectivity index is 2.33. The maximum atomic E-state index is 3.50. The first kappa shape index (κ1) is 7.84. The van der Waals surface area contributed by atoms with E-state index in [4.69, 9.17) is 0 Å². The van der Waals surface area contributed by atoms with Crippen LogP contribution in [-0.4, -0.2) is 0 Å². The highest BCUT2D eigenvalue weighted by atomic mass is 14.1. The van der Waals surface area contributed by atoms with Crippen molar-refractivity contribution in [2.45, 2.75) is 46.0 Å². The van der Waals surface area contributed by atoms with Gasteiger partial charge in [-0.05, 0) is 38.7 Å². The Morgan fingerprint density at radius 2 is 1.70 bits per heavy atom. The van der Waals surface area contributed by atoms with E-state index in [9.17, 15) is 0 Å². The van der Waals surface area contributed by atoms with E-state index < -0.39 is 0 Å². The molecular formula is C10H17. The standard InChI is InChI=1S/C10H17/c1-9(2)8-10-6-4-3-5-7-10/h10H,3-7H2,1-2H3. The first-order valence-corrected chi connectivity index (χ1v) is 4.36. The zero-order chi connectivity index (χ0) is 7.40. The molecule has 1 fully saturated rings. The molecule has 0 bridgehead atoms. The van der Waals surface area contributed by atoms with Crippen molar-refractivity contribution in [1.29, 1.82) is 0 Å². The average molecular weight is 137 g/mol. The second kappa shape index (κ2) is 3.80. The SMILES string of the molecule is CC(C)=[C]C1CCCCC1. The Kier molecular flexibility index (Phi) is 2.98. The van der Waals surface area contributed by atoms with Gasteiger partial charge >= 0.3 is 0 Å². The molecule has 0 aromatic rings. The summed E-state index contributed by atoms with van der Waals surface area (Å²) in [5, 5.41) is 0. The van der Waals surface area contributed by atoms with Crippen molar-refractivity contribution in [3.8, 4) is 0 Å². The summed E-state index contributed by atoms with van der Waals surface area (Å²) in [5.74, 6) is 0.791. The van der Waals surface area contributed by atoms with Gasteiger partial charge in [0.05, 0.1) is 0 Å². The summed E-state index contributed by atoms with van der Waals surface area (Å²) in [6, 6.07) is 0. The van der Waals surface area contributed by atoms with Crippen molar-refractivity contribution in [2.75, 3.05) is 0 Å². The van der Waals surface area contributed by atoms with E-state index in [0.717, 1.165) is 5.92 Å². The summed E-state index contributed by atoms with van der Waals surface area (Å²) in [6.45, 7) is 4.29. The number of hydrogen-bond donors (Lipinski definition) is 0. The fourth-order valence-corrected chi connectivity index (χ4v) is 1.66. The maximum absolute atomic E-state index is 3.50.